The Kier molecular flexibility index (Phi) is 3.93. The van der Waals surface area contributed by atoms with Gasteiger partial charge in [-0.2, -0.15) is 0 Å². The van der Waals surface area contributed by atoms with Gasteiger partial charge in [-0.1, -0.05) is 42.2 Å². The molecule has 0 saturated heterocycles. The molecule has 0 saturated carbocycles. The zero-order valence-electron chi connectivity index (χ0n) is 9.26. The second-order valence-electron chi connectivity index (χ2n) is 3.59. The number of rotatable bonds is 2. The van der Waals surface area contributed by atoms with Crippen molar-refractivity contribution >= 4 is 0 Å². The standard InChI is InChI=1S/C15H12O2/c16-17-12-15-10-8-14(9-11-15)7-6-13-4-2-1-3-5-13/h1-5,8-11,16H,12H2. The molecule has 2 rings (SSSR count). The quantitative estimate of drug-likeness (QED) is 0.482. The van der Waals surface area contributed by atoms with E-state index < -0.39 is 0 Å². The lowest BCUT2D eigenvalue weighted by molar-refractivity contribution is -0.253. The maximum absolute atomic E-state index is 8.31. The van der Waals surface area contributed by atoms with Crippen molar-refractivity contribution in [2.24, 2.45) is 0 Å². The minimum atomic E-state index is 0.201. The fraction of sp³-hybridized carbons (Fsp3) is 0.0667. The molecule has 84 valence electrons. The summed E-state index contributed by atoms with van der Waals surface area (Å²) >= 11 is 0. The van der Waals surface area contributed by atoms with Gasteiger partial charge < -0.3 is 0 Å². The van der Waals surface area contributed by atoms with Gasteiger partial charge >= 0.3 is 0 Å². The molecule has 0 aliphatic rings. The van der Waals surface area contributed by atoms with E-state index in [4.69, 9.17) is 5.26 Å². The summed E-state index contributed by atoms with van der Waals surface area (Å²) in [6, 6.07) is 17.4. The molecule has 0 fully saturated rings. The average Bonchev–Trinajstić information content (AvgIpc) is 2.40. The topological polar surface area (TPSA) is 29.5 Å². The molecule has 0 spiro atoms. The van der Waals surface area contributed by atoms with Crippen LogP contribution in [0.25, 0.3) is 0 Å². The summed E-state index contributed by atoms with van der Waals surface area (Å²) < 4.78 is 0. The SMILES string of the molecule is OOCc1ccc(C#Cc2ccccc2)cc1. The van der Waals surface area contributed by atoms with E-state index in [0.717, 1.165) is 16.7 Å². The van der Waals surface area contributed by atoms with Crippen LogP contribution in [0.1, 0.15) is 16.7 Å². The molecule has 0 unspecified atom stereocenters. The molecule has 0 amide bonds. The number of hydrogen-bond acceptors (Lipinski definition) is 2. The van der Waals surface area contributed by atoms with Crippen LogP contribution in [0.15, 0.2) is 54.6 Å². The summed E-state index contributed by atoms with van der Waals surface area (Å²) in [6.45, 7) is 0.201. The highest BCUT2D eigenvalue weighted by molar-refractivity contribution is 5.43. The van der Waals surface area contributed by atoms with Crippen molar-refractivity contribution in [3.8, 4) is 11.8 Å². The van der Waals surface area contributed by atoms with Crippen LogP contribution in [-0.2, 0) is 11.5 Å². The fourth-order valence-electron chi connectivity index (χ4n) is 1.42. The summed E-state index contributed by atoms with van der Waals surface area (Å²) in [7, 11) is 0. The van der Waals surface area contributed by atoms with Crippen LogP contribution >= 0.6 is 0 Å². The van der Waals surface area contributed by atoms with Crippen molar-refractivity contribution in [1.82, 2.24) is 0 Å². The predicted octanol–water partition coefficient (Wildman–Crippen LogP) is 3.08. The van der Waals surface area contributed by atoms with Crippen LogP contribution in [0.5, 0.6) is 0 Å². The van der Waals surface area contributed by atoms with Crippen molar-refractivity contribution in [3.63, 3.8) is 0 Å². The highest BCUT2D eigenvalue weighted by Gasteiger charge is 1.92. The molecule has 17 heavy (non-hydrogen) atoms. The number of benzene rings is 2. The lowest BCUT2D eigenvalue weighted by Gasteiger charge is -1.97. The average molecular weight is 224 g/mol. The van der Waals surface area contributed by atoms with Crippen LogP contribution in [0, 0.1) is 11.8 Å². The largest absolute Gasteiger partial charge is 0.251 e. The fourth-order valence-corrected chi connectivity index (χ4v) is 1.42. The maximum Gasteiger partial charge on any atom is 0.107 e. The zero-order valence-corrected chi connectivity index (χ0v) is 9.26. The highest BCUT2D eigenvalue weighted by atomic mass is 17.1. The summed E-state index contributed by atoms with van der Waals surface area (Å²) in [6.07, 6.45) is 0. The van der Waals surface area contributed by atoms with Gasteiger partial charge in [-0.05, 0) is 29.8 Å². The third-order valence-corrected chi connectivity index (χ3v) is 2.31. The molecule has 0 aromatic heterocycles. The first kappa shape index (κ1) is 11.4. The lowest BCUT2D eigenvalue weighted by atomic mass is 10.1. The highest BCUT2D eigenvalue weighted by Crippen LogP contribution is 2.04. The van der Waals surface area contributed by atoms with Gasteiger partial charge in [0.2, 0.25) is 0 Å². The van der Waals surface area contributed by atoms with Gasteiger partial charge in [-0.3, -0.25) is 5.26 Å². The van der Waals surface area contributed by atoms with Crippen LogP contribution in [0.3, 0.4) is 0 Å². The van der Waals surface area contributed by atoms with Crippen LogP contribution in [0.2, 0.25) is 0 Å². The van der Waals surface area contributed by atoms with E-state index in [0.29, 0.717) is 0 Å². The molecular formula is C15H12O2. The van der Waals surface area contributed by atoms with Gasteiger partial charge in [-0.25, -0.2) is 4.89 Å². The number of hydrogen-bond donors (Lipinski definition) is 1. The van der Waals surface area contributed by atoms with Crippen LogP contribution in [-0.4, -0.2) is 5.26 Å². The first-order valence-electron chi connectivity index (χ1n) is 5.31. The van der Waals surface area contributed by atoms with Gasteiger partial charge in [0.05, 0.1) is 0 Å². The Bertz CT molecular complexity index is 518. The van der Waals surface area contributed by atoms with Gasteiger partial charge in [0, 0.05) is 11.1 Å². The van der Waals surface area contributed by atoms with Gasteiger partial charge in [-0.15, -0.1) is 0 Å². The van der Waals surface area contributed by atoms with Gasteiger partial charge in [0.25, 0.3) is 0 Å². The van der Waals surface area contributed by atoms with E-state index in [2.05, 4.69) is 16.7 Å². The molecule has 0 aliphatic heterocycles. The lowest BCUT2D eigenvalue weighted by Crippen LogP contribution is -1.87. The summed E-state index contributed by atoms with van der Waals surface area (Å²) in [5, 5.41) is 8.31. The van der Waals surface area contributed by atoms with Crippen LogP contribution in [0.4, 0.5) is 0 Å². The van der Waals surface area contributed by atoms with Crippen molar-refractivity contribution in [2.45, 2.75) is 6.61 Å². The van der Waals surface area contributed by atoms with E-state index in [1.807, 2.05) is 54.6 Å². The molecule has 0 atom stereocenters. The Labute approximate surface area is 100 Å². The second-order valence-corrected chi connectivity index (χ2v) is 3.59. The van der Waals surface area contributed by atoms with Crippen molar-refractivity contribution < 1.29 is 10.1 Å². The molecule has 2 heteroatoms. The summed E-state index contributed by atoms with van der Waals surface area (Å²) in [5.41, 5.74) is 2.85. The van der Waals surface area contributed by atoms with Crippen molar-refractivity contribution in [3.05, 3.63) is 71.3 Å². The first-order valence-corrected chi connectivity index (χ1v) is 5.31. The molecule has 2 nitrogen and oxygen atoms in total. The monoisotopic (exact) mass is 224 g/mol. The molecule has 2 aromatic carbocycles. The molecule has 2 aromatic rings. The van der Waals surface area contributed by atoms with Crippen LogP contribution < -0.4 is 0 Å². The van der Waals surface area contributed by atoms with E-state index in [-0.39, 0.29) is 6.61 Å². The minimum absolute atomic E-state index is 0.201. The third kappa shape index (κ3) is 3.46. The van der Waals surface area contributed by atoms with Crippen molar-refractivity contribution in [1.29, 1.82) is 0 Å². The smallest absolute Gasteiger partial charge is 0.107 e. The molecule has 0 radical (unpaired) electrons. The molecule has 1 N–H and O–H groups in total. The maximum atomic E-state index is 8.31. The van der Waals surface area contributed by atoms with E-state index in [1.165, 1.54) is 0 Å². The van der Waals surface area contributed by atoms with E-state index in [1.54, 1.807) is 0 Å². The van der Waals surface area contributed by atoms with E-state index >= 15 is 0 Å². The first-order chi connectivity index (χ1) is 8.38. The molecule has 0 heterocycles. The van der Waals surface area contributed by atoms with E-state index in [9.17, 15) is 0 Å². The Balaban J connectivity index is 2.12. The Hall–Kier alpha value is -2.08. The molecule has 0 aliphatic carbocycles. The molecule has 0 bridgehead atoms. The van der Waals surface area contributed by atoms with Gasteiger partial charge in [0.1, 0.15) is 6.61 Å². The Morgan fingerprint density at radius 1 is 0.824 bits per heavy atom. The zero-order chi connectivity index (χ0) is 11.9. The second kappa shape index (κ2) is 5.86. The minimum Gasteiger partial charge on any atom is -0.251 e. The van der Waals surface area contributed by atoms with Gasteiger partial charge in [0.15, 0.2) is 0 Å². The Morgan fingerprint density at radius 2 is 1.41 bits per heavy atom. The summed E-state index contributed by atoms with van der Waals surface area (Å²) in [5.74, 6) is 6.16. The summed E-state index contributed by atoms with van der Waals surface area (Å²) in [4.78, 5) is 4.06. The third-order valence-electron chi connectivity index (χ3n) is 2.31. The Morgan fingerprint density at radius 3 is 2.00 bits per heavy atom. The van der Waals surface area contributed by atoms with Crippen molar-refractivity contribution in [2.75, 3.05) is 0 Å². The normalized spacial score (nSPS) is 9.47. The molecular weight excluding hydrogens is 212 g/mol. The predicted molar refractivity (Wildman–Crippen MR) is 66.3 cm³/mol.